The molecule has 2 aromatic rings. The molecular weight excluding hydrogens is 246 g/mol. The molecule has 0 amide bonds. The van der Waals surface area contributed by atoms with E-state index in [9.17, 15) is 5.11 Å². The van der Waals surface area contributed by atoms with Gasteiger partial charge < -0.3 is 5.11 Å². The summed E-state index contributed by atoms with van der Waals surface area (Å²) < 4.78 is 0. The van der Waals surface area contributed by atoms with E-state index in [1.807, 2.05) is 6.07 Å². The Morgan fingerprint density at radius 2 is 1.95 bits per heavy atom. The zero-order chi connectivity index (χ0) is 13.9. The van der Waals surface area contributed by atoms with E-state index < -0.39 is 0 Å². The minimum Gasteiger partial charge on any atom is -0.393 e. The van der Waals surface area contributed by atoms with E-state index in [4.69, 9.17) is 0 Å². The first-order chi connectivity index (χ1) is 9.74. The van der Waals surface area contributed by atoms with Crippen LogP contribution in [0.3, 0.4) is 0 Å². The van der Waals surface area contributed by atoms with Crippen molar-refractivity contribution in [3.05, 3.63) is 41.6 Å². The van der Waals surface area contributed by atoms with Crippen LogP contribution in [0.1, 0.15) is 43.4 Å². The van der Waals surface area contributed by atoms with E-state index in [1.54, 1.807) is 0 Å². The van der Waals surface area contributed by atoms with Crippen LogP contribution in [0.2, 0.25) is 0 Å². The number of aromatic nitrogens is 1. The van der Waals surface area contributed by atoms with Crippen LogP contribution in [0.25, 0.3) is 10.9 Å². The fourth-order valence-electron chi connectivity index (χ4n) is 3.45. The molecule has 20 heavy (non-hydrogen) atoms. The third-order valence-electron chi connectivity index (χ3n) is 4.53. The first-order valence-electron chi connectivity index (χ1n) is 7.77. The highest BCUT2D eigenvalue weighted by atomic mass is 16.3. The lowest BCUT2D eigenvalue weighted by atomic mass is 9.89. The monoisotopic (exact) mass is 269 g/mol. The van der Waals surface area contributed by atoms with Crippen molar-refractivity contribution in [1.82, 2.24) is 4.98 Å². The molecule has 0 bridgehead atoms. The quantitative estimate of drug-likeness (QED) is 0.835. The zero-order valence-corrected chi connectivity index (χ0v) is 12.2. The lowest BCUT2D eigenvalue weighted by molar-refractivity contribution is 0.101. The van der Waals surface area contributed by atoms with Crippen LogP contribution in [-0.2, 0) is 6.42 Å². The topological polar surface area (TPSA) is 33.1 Å². The number of benzene rings is 1. The summed E-state index contributed by atoms with van der Waals surface area (Å²) in [6.45, 7) is 2.06. The molecule has 1 heterocycles. The van der Waals surface area contributed by atoms with Crippen LogP contribution in [0.15, 0.2) is 30.3 Å². The lowest BCUT2D eigenvalue weighted by Gasteiger charge is -2.21. The summed E-state index contributed by atoms with van der Waals surface area (Å²) in [5.74, 6) is 0.405. The third-order valence-corrected chi connectivity index (χ3v) is 4.53. The zero-order valence-electron chi connectivity index (χ0n) is 12.2. The molecule has 0 radical (unpaired) electrons. The first kappa shape index (κ1) is 13.6. The Balaban J connectivity index is 1.93. The van der Waals surface area contributed by atoms with Gasteiger partial charge in [-0.2, -0.15) is 0 Å². The number of rotatable bonds is 2. The fraction of sp³-hybridized carbons (Fsp3) is 0.500. The minimum absolute atomic E-state index is 0.135. The van der Waals surface area contributed by atoms with Crippen LogP contribution < -0.4 is 0 Å². The minimum atomic E-state index is -0.135. The van der Waals surface area contributed by atoms with E-state index in [1.165, 1.54) is 30.2 Å². The van der Waals surface area contributed by atoms with Crippen molar-refractivity contribution in [1.29, 1.82) is 0 Å². The maximum Gasteiger partial charge on any atom is 0.0707 e. The Morgan fingerprint density at radius 1 is 1.15 bits per heavy atom. The lowest BCUT2D eigenvalue weighted by Crippen LogP contribution is -2.21. The van der Waals surface area contributed by atoms with E-state index in [0.29, 0.717) is 5.92 Å². The molecule has 1 N–H and O–H groups in total. The maximum atomic E-state index is 10.3. The van der Waals surface area contributed by atoms with Gasteiger partial charge in [-0.15, -0.1) is 0 Å². The largest absolute Gasteiger partial charge is 0.393 e. The average molecular weight is 269 g/mol. The van der Waals surface area contributed by atoms with Gasteiger partial charge in [0.15, 0.2) is 0 Å². The van der Waals surface area contributed by atoms with Crippen LogP contribution in [0, 0.1) is 12.8 Å². The van der Waals surface area contributed by atoms with Crippen molar-refractivity contribution >= 4 is 10.9 Å². The van der Waals surface area contributed by atoms with E-state index >= 15 is 0 Å². The van der Waals surface area contributed by atoms with Crippen molar-refractivity contribution in [2.45, 2.75) is 51.6 Å². The molecule has 1 aliphatic rings. The van der Waals surface area contributed by atoms with Gasteiger partial charge in [-0.1, -0.05) is 37.5 Å². The predicted octanol–water partition coefficient (Wildman–Crippen LogP) is 4.03. The number of hydrogen-bond acceptors (Lipinski definition) is 2. The van der Waals surface area contributed by atoms with Gasteiger partial charge in [-0.3, -0.25) is 4.98 Å². The number of fused-ring (bicyclic) bond motifs is 1. The second-order valence-corrected chi connectivity index (χ2v) is 6.11. The van der Waals surface area contributed by atoms with Gasteiger partial charge in [-0.25, -0.2) is 0 Å². The number of pyridine rings is 1. The van der Waals surface area contributed by atoms with Gasteiger partial charge in [0, 0.05) is 11.1 Å². The number of hydrogen-bond donors (Lipinski definition) is 1. The Morgan fingerprint density at radius 3 is 2.85 bits per heavy atom. The summed E-state index contributed by atoms with van der Waals surface area (Å²) >= 11 is 0. The molecule has 1 aromatic heterocycles. The fourth-order valence-corrected chi connectivity index (χ4v) is 3.45. The molecule has 1 aromatic carbocycles. The number of aryl methyl sites for hydroxylation is 1. The summed E-state index contributed by atoms with van der Waals surface area (Å²) in [6, 6.07) is 10.5. The molecule has 2 nitrogen and oxygen atoms in total. The number of aliphatic hydroxyl groups is 1. The molecule has 3 rings (SSSR count). The molecule has 2 heteroatoms. The van der Waals surface area contributed by atoms with Crippen molar-refractivity contribution in [2.24, 2.45) is 5.92 Å². The average Bonchev–Trinajstić information content (AvgIpc) is 2.64. The molecule has 0 aliphatic heterocycles. The van der Waals surface area contributed by atoms with Gasteiger partial charge in [0.25, 0.3) is 0 Å². The van der Waals surface area contributed by atoms with Crippen molar-refractivity contribution in [3.8, 4) is 0 Å². The molecular formula is C18H23NO. The van der Waals surface area contributed by atoms with Crippen LogP contribution >= 0.6 is 0 Å². The third kappa shape index (κ3) is 2.85. The SMILES string of the molecule is Cc1cc(CC2CCCCCC2O)c2ccccc2n1. The number of para-hydroxylation sites is 1. The molecule has 1 saturated carbocycles. The second-order valence-electron chi connectivity index (χ2n) is 6.11. The van der Waals surface area contributed by atoms with Gasteiger partial charge in [0.05, 0.1) is 11.6 Å². The van der Waals surface area contributed by atoms with E-state index in [0.717, 1.165) is 30.5 Å². The molecule has 1 fully saturated rings. The standard InChI is InChI=1S/C18H23NO/c1-13-11-15(16-8-5-6-9-17(16)19-13)12-14-7-3-2-4-10-18(14)20/h5-6,8-9,11,14,18,20H,2-4,7,10,12H2,1H3. The second kappa shape index (κ2) is 5.92. The summed E-state index contributed by atoms with van der Waals surface area (Å²) in [4.78, 5) is 4.60. The van der Waals surface area contributed by atoms with Crippen molar-refractivity contribution in [3.63, 3.8) is 0 Å². The smallest absolute Gasteiger partial charge is 0.0707 e. The van der Waals surface area contributed by atoms with Gasteiger partial charge in [0.1, 0.15) is 0 Å². The van der Waals surface area contributed by atoms with E-state index in [2.05, 4.69) is 36.2 Å². The summed E-state index contributed by atoms with van der Waals surface area (Å²) in [6.07, 6.45) is 6.65. The summed E-state index contributed by atoms with van der Waals surface area (Å²) in [7, 11) is 0. The number of nitrogens with zero attached hydrogens (tertiary/aromatic N) is 1. The van der Waals surface area contributed by atoms with Gasteiger partial charge in [0.2, 0.25) is 0 Å². The molecule has 2 unspecified atom stereocenters. The maximum absolute atomic E-state index is 10.3. The van der Waals surface area contributed by atoms with Crippen LogP contribution in [0.5, 0.6) is 0 Å². The Kier molecular flexibility index (Phi) is 4.02. The first-order valence-corrected chi connectivity index (χ1v) is 7.77. The molecule has 0 spiro atoms. The van der Waals surface area contributed by atoms with Crippen LogP contribution in [-0.4, -0.2) is 16.2 Å². The molecule has 0 saturated heterocycles. The highest BCUT2D eigenvalue weighted by Crippen LogP contribution is 2.29. The summed E-state index contributed by atoms with van der Waals surface area (Å²) in [5, 5.41) is 11.6. The predicted molar refractivity (Wildman–Crippen MR) is 82.8 cm³/mol. The highest BCUT2D eigenvalue weighted by Gasteiger charge is 2.22. The van der Waals surface area contributed by atoms with Crippen molar-refractivity contribution in [2.75, 3.05) is 0 Å². The molecule has 106 valence electrons. The van der Waals surface area contributed by atoms with Gasteiger partial charge in [-0.05, 0) is 49.8 Å². The summed E-state index contributed by atoms with van der Waals surface area (Å²) in [5.41, 5.74) is 3.49. The molecule has 1 aliphatic carbocycles. The van der Waals surface area contributed by atoms with E-state index in [-0.39, 0.29) is 6.10 Å². The Hall–Kier alpha value is -1.41. The Bertz CT molecular complexity index is 593. The molecule has 2 atom stereocenters. The van der Waals surface area contributed by atoms with Gasteiger partial charge >= 0.3 is 0 Å². The number of aliphatic hydroxyl groups excluding tert-OH is 1. The van der Waals surface area contributed by atoms with Crippen LogP contribution in [0.4, 0.5) is 0 Å². The normalized spacial score (nSPS) is 23.7. The highest BCUT2D eigenvalue weighted by molar-refractivity contribution is 5.82. The Labute approximate surface area is 120 Å². The van der Waals surface area contributed by atoms with Crippen molar-refractivity contribution < 1.29 is 5.11 Å².